The van der Waals surface area contributed by atoms with Crippen LogP contribution in [0.5, 0.6) is 5.75 Å². The van der Waals surface area contributed by atoms with E-state index in [2.05, 4.69) is 58.5 Å². The fraction of sp³-hybridized carbons (Fsp3) is 0.565. The van der Waals surface area contributed by atoms with E-state index in [0.29, 0.717) is 5.92 Å². The molecule has 1 N–H and O–H groups in total. The van der Waals surface area contributed by atoms with E-state index in [9.17, 15) is 0 Å². The number of aliphatic imine (C=N–C) groups is 1. The van der Waals surface area contributed by atoms with Gasteiger partial charge in [-0.15, -0.1) is 11.3 Å². The SMILES string of the molecule is CCNC(=NCC1CCN(Cc2ccc(OC)cc2)CC1)N(C)Cc1csc(C)n1. The lowest BCUT2D eigenvalue weighted by atomic mass is 9.96. The van der Waals surface area contributed by atoms with Crippen molar-refractivity contribution in [3.05, 3.63) is 45.9 Å². The molecule has 2 heterocycles. The molecule has 0 unspecified atom stereocenters. The highest BCUT2D eigenvalue weighted by Gasteiger charge is 2.19. The molecule has 164 valence electrons. The van der Waals surface area contributed by atoms with Crippen molar-refractivity contribution in [3.63, 3.8) is 0 Å². The molecule has 0 amide bonds. The summed E-state index contributed by atoms with van der Waals surface area (Å²) in [5, 5.41) is 6.68. The number of methoxy groups -OCH3 is 1. The number of thiazole rings is 1. The third kappa shape index (κ3) is 6.71. The van der Waals surface area contributed by atoms with Gasteiger partial charge in [0, 0.05) is 32.1 Å². The molecule has 0 aliphatic carbocycles. The van der Waals surface area contributed by atoms with Crippen molar-refractivity contribution in [1.82, 2.24) is 20.1 Å². The number of rotatable bonds is 8. The molecule has 0 bridgehead atoms. The zero-order chi connectivity index (χ0) is 21.3. The Balaban J connectivity index is 1.47. The number of likely N-dealkylation sites (tertiary alicyclic amines) is 1. The smallest absolute Gasteiger partial charge is 0.194 e. The van der Waals surface area contributed by atoms with E-state index in [4.69, 9.17) is 9.73 Å². The second kappa shape index (κ2) is 11.3. The second-order valence-electron chi connectivity index (χ2n) is 7.98. The number of guanidine groups is 1. The summed E-state index contributed by atoms with van der Waals surface area (Å²) in [7, 11) is 3.80. The highest BCUT2D eigenvalue weighted by molar-refractivity contribution is 7.09. The number of nitrogens with one attached hydrogen (secondary N) is 1. The quantitative estimate of drug-likeness (QED) is 0.511. The number of hydrogen-bond acceptors (Lipinski definition) is 5. The Hall–Kier alpha value is -2.12. The first kappa shape index (κ1) is 22.6. The van der Waals surface area contributed by atoms with Crippen LogP contribution in [0, 0.1) is 12.8 Å². The highest BCUT2D eigenvalue weighted by atomic mass is 32.1. The molecular weight excluding hydrogens is 394 g/mol. The van der Waals surface area contributed by atoms with E-state index in [-0.39, 0.29) is 0 Å². The molecule has 1 aromatic carbocycles. The van der Waals surface area contributed by atoms with E-state index in [1.165, 1.54) is 18.4 Å². The highest BCUT2D eigenvalue weighted by Crippen LogP contribution is 2.20. The molecule has 0 radical (unpaired) electrons. The fourth-order valence-electron chi connectivity index (χ4n) is 3.80. The topological polar surface area (TPSA) is 53.0 Å². The van der Waals surface area contributed by atoms with Gasteiger partial charge in [0.1, 0.15) is 5.75 Å². The number of hydrogen-bond donors (Lipinski definition) is 1. The summed E-state index contributed by atoms with van der Waals surface area (Å²) in [6.07, 6.45) is 2.40. The molecule has 2 aromatic rings. The molecule has 1 aliphatic rings. The molecule has 6 nitrogen and oxygen atoms in total. The maximum atomic E-state index is 5.25. The van der Waals surface area contributed by atoms with Crippen LogP contribution in [-0.4, -0.2) is 61.1 Å². The molecule has 7 heteroatoms. The summed E-state index contributed by atoms with van der Waals surface area (Å²) < 4.78 is 5.25. The predicted octanol–water partition coefficient (Wildman–Crippen LogP) is 3.77. The Morgan fingerprint density at radius 1 is 1.30 bits per heavy atom. The molecular formula is C23H35N5OS. The molecule has 0 saturated carbocycles. The van der Waals surface area contributed by atoms with Crippen molar-refractivity contribution in [2.24, 2.45) is 10.9 Å². The molecule has 0 spiro atoms. The van der Waals surface area contributed by atoms with Gasteiger partial charge in [-0.1, -0.05) is 12.1 Å². The number of aryl methyl sites for hydroxylation is 1. The summed E-state index contributed by atoms with van der Waals surface area (Å²) in [6, 6.07) is 8.42. The monoisotopic (exact) mass is 429 g/mol. The summed E-state index contributed by atoms with van der Waals surface area (Å²) >= 11 is 1.70. The summed E-state index contributed by atoms with van der Waals surface area (Å²) in [5.41, 5.74) is 2.46. The Morgan fingerprint density at radius 2 is 2.03 bits per heavy atom. The third-order valence-corrected chi connectivity index (χ3v) is 6.36. The summed E-state index contributed by atoms with van der Waals surface area (Å²) in [4.78, 5) is 14.2. The maximum absolute atomic E-state index is 5.25. The number of benzene rings is 1. The van der Waals surface area contributed by atoms with Gasteiger partial charge >= 0.3 is 0 Å². The zero-order valence-corrected chi connectivity index (χ0v) is 19.5. The van der Waals surface area contributed by atoms with E-state index in [1.54, 1.807) is 18.4 Å². The number of piperidine rings is 1. The molecule has 1 aromatic heterocycles. The lowest BCUT2D eigenvalue weighted by Crippen LogP contribution is -2.39. The largest absolute Gasteiger partial charge is 0.497 e. The van der Waals surface area contributed by atoms with Crippen LogP contribution in [0.4, 0.5) is 0 Å². The van der Waals surface area contributed by atoms with Gasteiger partial charge in [0.15, 0.2) is 5.96 Å². The van der Waals surface area contributed by atoms with Gasteiger partial charge in [-0.05, 0) is 63.4 Å². The predicted molar refractivity (Wildman–Crippen MR) is 125 cm³/mol. The number of aromatic nitrogens is 1. The number of nitrogens with zero attached hydrogens (tertiary/aromatic N) is 4. The van der Waals surface area contributed by atoms with Gasteiger partial charge in [-0.2, -0.15) is 0 Å². The van der Waals surface area contributed by atoms with Crippen molar-refractivity contribution in [2.45, 2.75) is 39.8 Å². The van der Waals surface area contributed by atoms with Gasteiger partial charge in [-0.3, -0.25) is 9.89 Å². The van der Waals surface area contributed by atoms with E-state index < -0.39 is 0 Å². The van der Waals surface area contributed by atoms with Crippen molar-refractivity contribution in [1.29, 1.82) is 0 Å². The Labute approximate surface area is 185 Å². The first-order valence-corrected chi connectivity index (χ1v) is 11.7. The average molecular weight is 430 g/mol. The normalized spacial score (nSPS) is 15.9. The van der Waals surface area contributed by atoms with E-state index in [1.807, 2.05) is 12.1 Å². The van der Waals surface area contributed by atoms with Crippen LogP contribution >= 0.6 is 11.3 Å². The van der Waals surface area contributed by atoms with Crippen LogP contribution in [0.1, 0.15) is 36.0 Å². The zero-order valence-electron chi connectivity index (χ0n) is 18.7. The van der Waals surface area contributed by atoms with Crippen LogP contribution < -0.4 is 10.1 Å². The van der Waals surface area contributed by atoms with Crippen molar-refractivity contribution in [3.8, 4) is 5.75 Å². The van der Waals surface area contributed by atoms with Crippen LogP contribution in [0.25, 0.3) is 0 Å². The Morgan fingerprint density at radius 3 is 2.63 bits per heavy atom. The van der Waals surface area contributed by atoms with Gasteiger partial charge in [0.05, 0.1) is 24.4 Å². The first-order chi connectivity index (χ1) is 14.6. The third-order valence-electron chi connectivity index (χ3n) is 5.53. The van der Waals surface area contributed by atoms with Gasteiger partial charge < -0.3 is 15.0 Å². The van der Waals surface area contributed by atoms with Crippen molar-refractivity contribution in [2.75, 3.05) is 40.3 Å². The minimum atomic E-state index is 0.653. The molecule has 30 heavy (non-hydrogen) atoms. The van der Waals surface area contributed by atoms with Crippen LogP contribution in [0.3, 0.4) is 0 Å². The van der Waals surface area contributed by atoms with E-state index >= 15 is 0 Å². The maximum Gasteiger partial charge on any atom is 0.194 e. The molecule has 3 rings (SSSR count). The van der Waals surface area contributed by atoms with Crippen LogP contribution in [0.15, 0.2) is 34.6 Å². The van der Waals surface area contributed by atoms with Crippen molar-refractivity contribution >= 4 is 17.3 Å². The Kier molecular flexibility index (Phi) is 8.51. The summed E-state index contributed by atoms with van der Waals surface area (Å²) in [5.74, 6) is 2.55. The molecule has 1 saturated heterocycles. The number of ether oxygens (including phenoxy) is 1. The van der Waals surface area contributed by atoms with Crippen molar-refractivity contribution < 1.29 is 4.74 Å². The molecule has 1 aliphatic heterocycles. The van der Waals surface area contributed by atoms with Crippen LogP contribution in [0.2, 0.25) is 0 Å². The van der Waals surface area contributed by atoms with Crippen LogP contribution in [-0.2, 0) is 13.1 Å². The van der Waals surface area contributed by atoms with Gasteiger partial charge in [0.2, 0.25) is 0 Å². The van der Waals surface area contributed by atoms with Gasteiger partial charge in [0.25, 0.3) is 0 Å². The van der Waals surface area contributed by atoms with Gasteiger partial charge in [-0.25, -0.2) is 4.98 Å². The second-order valence-corrected chi connectivity index (χ2v) is 9.04. The standard InChI is InChI=1S/C23H35N5OS/c1-5-24-23(27(3)16-21-17-30-18(2)26-21)25-14-19-10-12-28(13-11-19)15-20-6-8-22(29-4)9-7-20/h6-9,17,19H,5,10-16H2,1-4H3,(H,24,25). The minimum Gasteiger partial charge on any atom is -0.497 e. The average Bonchev–Trinajstić information content (AvgIpc) is 3.17. The lowest BCUT2D eigenvalue weighted by molar-refractivity contribution is 0.180. The first-order valence-electron chi connectivity index (χ1n) is 10.8. The van der Waals surface area contributed by atoms with E-state index in [0.717, 1.165) is 61.7 Å². The molecule has 0 atom stereocenters. The molecule has 1 fully saturated rings. The lowest BCUT2D eigenvalue weighted by Gasteiger charge is -2.31. The Bertz CT molecular complexity index is 796. The fourth-order valence-corrected chi connectivity index (χ4v) is 4.40. The minimum absolute atomic E-state index is 0.653. The summed E-state index contributed by atoms with van der Waals surface area (Å²) in [6.45, 7) is 10.0.